The van der Waals surface area contributed by atoms with E-state index < -0.39 is 22.1 Å². The molecule has 7 nitrogen and oxygen atoms in total. The summed E-state index contributed by atoms with van der Waals surface area (Å²) in [6.45, 7) is 0.297. The van der Waals surface area contributed by atoms with Crippen LogP contribution in [0.3, 0.4) is 0 Å². The number of anilines is 1. The Balaban J connectivity index is 1.80. The molecule has 0 aliphatic carbocycles. The highest BCUT2D eigenvalue weighted by Crippen LogP contribution is 2.23. The number of alkyl halides is 3. The molecule has 0 bridgehead atoms. The Kier molecular flexibility index (Phi) is 6.34. The minimum absolute atomic E-state index is 0.00470. The van der Waals surface area contributed by atoms with Gasteiger partial charge in [0, 0.05) is 30.9 Å². The lowest BCUT2D eigenvalue weighted by Gasteiger charge is -2.32. The predicted octanol–water partition coefficient (Wildman–Crippen LogP) is 1.59. The number of sulfonamides is 1. The minimum atomic E-state index is -4.86. The molecular formula is C16H20F3N3O4S. The quantitative estimate of drug-likeness (QED) is 0.775. The predicted molar refractivity (Wildman–Crippen MR) is 92.6 cm³/mol. The Labute approximate surface area is 155 Å². The summed E-state index contributed by atoms with van der Waals surface area (Å²) in [5.74, 6) is -2.21. The second-order valence-corrected chi connectivity index (χ2v) is 8.14. The van der Waals surface area contributed by atoms with Gasteiger partial charge in [0.05, 0.1) is 6.26 Å². The summed E-state index contributed by atoms with van der Waals surface area (Å²) in [6, 6.07) is 5.84. The summed E-state index contributed by atoms with van der Waals surface area (Å²) in [5.41, 5.74) is 0.662. The van der Waals surface area contributed by atoms with Crippen molar-refractivity contribution in [1.82, 2.24) is 10.2 Å². The molecule has 1 fully saturated rings. The van der Waals surface area contributed by atoms with Crippen LogP contribution in [0.15, 0.2) is 24.3 Å². The minimum Gasteiger partial charge on any atom is -0.352 e. The first-order chi connectivity index (χ1) is 12.5. The molecule has 27 heavy (non-hydrogen) atoms. The normalized spacial score (nSPS) is 16.1. The van der Waals surface area contributed by atoms with Crippen molar-refractivity contribution in [3.63, 3.8) is 0 Å². The molecule has 1 saturated heterocycles. The fourth-order valence-corrected chi connectivity index (χ4v) is 3.33. The average Bonchev–Trinajstić information content (AvgIpc) is 2.58. The third kappa shape index (κ3) is 6.42. The van der Waals surface area contributed by atoms with Crippen molar-refractivity contribution in [2.24, 2.45) is 5.92 Å². The molecule has 11 heteroatoms. The van der Waals surface area contributed by atoms with Crippen LogP contribution in [-0.4, -0.2) is 57.2 Å². The van der Waals surface area contributed by atoms with E-state index in [0.717, 1.165) is 11.2 Å². The highest BCUT2D eigenvalue weighted by atomic mass is 32.2. The van der Waals surface area contributed by atoms with Gasteiger partial charge >= 0.3 is 12.1 Å². The van der Waals surface area contributed by atoms with Gasteiger partial charge in [0.25, 0.3) is 5.91 Å². The topological polar surface area (TPSA) is 95.6 Å². The van der Waals surface area contributed by atoms with Crippen molar-refractivity contribution in [3.05, 3.63) is 29.8 Å². The van der Waals surface area contributed by atoms with Gasteiger partial charge in [-0.05, 0) is 43.0 Å². The number of halogens is 3. The molecule has 2 amide bonds. The summed E-state index contributed by atoms with van der Waals surface area (Å²) in [4.78, 5) is 24.1. The number of carbonyl (C=O) groups is 2. The van der Waals surface area contributed by atoms with Crippen molar-refractivity contribution >= 4 is 27.5 Å². The number of piperidine rings is 1. The molecule has 1 aliphatic heterocycles. The Bertz CT molecular complexity index is 786. The zero-order valence-electron chi connectivity index (χ0n) is 14.5. The second kappa shape index (κ2) is 8.15. The van der Waals surface area contributed by atoms with Gasteiger partial charge in [-0.3, -0.25) is 14.3 Å². The van der Waals surface area contributed by atoms with E-state index in [2.05, 4.69) is 10.0 Å². The first-order valence-electron chi connectivity index (χ1n) is 8.18. The summed E-state index contributed by atoms with van der Waals surface area (Å²) < 4.78 is 61.8. The standard InChI is InChI=1S/C16H20F3N3O4S/c1-27(25,26)21-13-4-2-12(3-5-13)14(23)20-10-11-6-8-22(9-7-11)15(24)16(17,18)19/h2-5,11,21H,6-10H2,1H3,(H,20,23). The molecule has 1 aromatic rings. The zero-order chi connectivity index (χ0) is 20.2. The Morgan fingerprint density at radius 1 is 1.15 bits per heavy atom. The smallest absolute Gasteiger partial charge is 0.352 e. The number of benzene rings is 1. The van der Waals surface area contributed by atoms with E-state index in [-0.39, 0.29) is 31.5 Å². The fourth-order valence-electron chi connectivity index (χ4n) is 2.76. The lowest BCUT2D eigenvalue weighted by molar-refractivity contribution is -0.186. The van der Waals surface area contributed by atoms with E-state index in [0.29, 0.717) is 24.1 Å². The van der Waals surface area contributed by atoms with E-state index in [1.807, 2.05) is 0 Å². The zero-order valence-corrected chi connectivity index (χ0v) is 15.4. The van der Waals surface area contributed by atoms with Crippen molar-refractivity contribution in [1.29, 1.82) is 0 Å². The molecule has 150 valence electrons. The lowest BCUT2D eigenvalue weighted by Crippen LogP contribution is -2.46. The van der Waals surface area contributed by atoms with Crippen LogP contribution < -0.4 is 10.0 Å². The molecule has 0 atom stereocenters. The summed E-state index contributed by atoms with van der Waals surface area (Å²) in [7, 11) is -3.40. The van der Waals surface area contributed by atoms with Crippen LogP contribution in [0.5, 0.6) is 0 Å². The molecule has 0 aromatic heterocycles. The van der Waals surface area contributed by atoms with Crippen LogP contribution >= 0.6 is 0 Å². The van der Waals surface area contributed by atoms with Gasteiger partial charge in [0.1, 0.15) is 0 Å². The maximum Gasteiger partial charge on any atom is 0.471 e. The van der Waals surface area contributed by atoms with E-state index in [1.54, 1.807) is 0 Å². The third-order valence-electron chi connectivity index (χ3n) is 4.15. The maximum absolute atomic E-state index is 12.4. The van der Waals surface area contributed by atoms with Gasteiger partial charge < -0.3 is 10.2 Å². The second-order valence-electron chi connectivity index (χ2n) is 6.39. The lowest BCUT2D eigenvalue weighted by atomic mass is 9.96. The Hall–Kier alpha value is -2.30. The summed E-state index contributed by atoms with van der Waals surface area (Å²) in [5, 5.41) is 2.71. The molecule has 2 N–H and O–H groups in total. The number of hydrogen-bond acceptors (Lipinski definition) is 4. The van der Waals surface area contributed by atoms with Gasteiger partial charge in [0.2, 0.25) is 10.0 Å². The monoisotopic (exact) mass is 407 g/mol. The van der Waals surface area contributed by atoms with Crippen LogP contribution in [0.1, 0.15) is 23.2 Å². The van der Waals surface area contributed by atoms with Crippen molar-refractivity contribution in [3.8, 4) is 0 Å². The molecule has 1 heterocycles. The molecular weight excluding hydrogens is 387 g/mol. The number of hydrogen-bond donors (Lipinski definition) is 2. The maximum atomic E-state index is 12.4. The number of amides is 2. The Morgan fingerprint density at radius 2 is 1.70 bits per heavy atom. The van der Waals surface area contributed by atoms with E-state index in [1.165, 1.54) is 24.3 Å². The number of carbonyl (C=O) groups excluding carboxylic acids is 2. The van der Waals surface area contributed by atoms with Crippen molar-refractivity contribution < 1.29 is 31.2 Å². The fraction of sp³-hybridized carbons (Fsp3) is 0.500. The summed E-state index contributed by atoms with van der Waals surface area (Å²) >= 11 is 0. The third-order valence-corrected chi connectivity index (χ3v) is 4.75. The number of likely N-dealkylation sites (tertiary alicyclic amines) is 1. The molecule has 2 rings (SSSR count). The van der Waals surface area contributed by atoms with Crippen LogP contribution in [-0.2, 0) is 14.8 Å². The molecule has 0 radical (unpaired) electrons. The Morgan fingerprint density at radius 3 is 2.19 bits per heavy atom. The molecule has 1 aromatic carbocycles. The first-order valence-corrected chi connectivity index (χ1v) is 10.1. The van der Waals surface area contributed by atoms with Crippen LogP contribution in [0, 0.1) is 5.92 Å². The number of nitrogens with zero attached hydrogens (tertiary/aromatic N) is 1. The molecule has 0 spiro atoms. The van der Waals surface area contributed by atoms with Gasteiger partial charge in [-0.1, -0.05) is 0 Å². The highest BCUT2D eigenvalue weighted by Gasteiger charge is 2.43. The first kappa shape index (κ1) is 21.0. The average molecular weight is 407 g/mol. The van der Waals surface area contributed by atoms with Crippen LogP contribution in [0.2, 0.25) is 0 Å². The number of nitrogens with one attached hydrogen (secondary N) is 2. The van der Waals surface area contributed by atoms with Gasteiger partial charge in [-0.15, -0.1) is 0 Å². The van der Waals surface area contributed by atoms with Gasteiger partial charge in [-0.2, -0.15) is 13.2 Å². The highest BCUT2D eigenvalue weighted by molar-refractivity contribution is 7.92. The van der Waals surface area contributed by atoms with Gasteiger partial charge in [-0.25, -0.2) is 8.42 Å². The molecule has 1 aliphatic rings. The van der Waals surface area contributed by atoms with Crippen molar-refractivity contribution in [2.45, 2.75) is 19.0 Å². The van der Waals surface area contributed by atoms with Crippen LogP contribution in [0.4, 0.5) is 18.9 Å². The number of rotatable bonds is 5. The molecule has 0 unspecified atom stereocenters. The largest absolute Gasteiger partial charge is 0.471 e. The SMILES string of the molecule is CS(=O)(=O)Nc1ccc(C(=O)NCC2CCN(C(=O)C(F)(F)F)CC2)cc1. The summed E-state index contributed by atoms with van der Waals surface area (Å²) in [6.07, 6.45) is -3.10. The van der Waals surface area contributed by atoms with E-state index in [9.17, 15) is 31.2 Å². The van der Waals surface area contributed by atoms with E-state index in [4.69, 9.17) is 0 Å². The van der Waals surface area contributed by atoms with E-state index >= 15 is 0 Å². The molecule has 0 saturated carbocycles. The van der Waals surface area contributed by atoms with Gasteiger partial charge in [0.15, 0.2) is 0 Å². The van der Waals surface area contributed by atoms with Crippen LogP contribution in [0.25, 0.3) is 0 Å². The van der Waals surface area contributed by atoms with Crippen molar-refractivity contribution in [2.75, 3.05) is 30.6 Å².